The quantitative estimate of drug-likeness (QED) is 0.306. The van der Waals surface area contributed by atoms with Gasteiger partial charge >= 0.3 is 11.9 Å². The first kappa shape index (κ1) is 21.0. The van der Waals surface area contributed by atoms with Gasteiger partial charge in [-0.15, -0.1) is 4.65 Å². The van der Waals surface area contributed by atoms with E-state index >= 15 is 0 Å². The summed E-state index contributed by atoms with van der Waals surface area (Å²) in [6.07, 6.45) is 5.75. The molecular weight excluding hydrogens is 378 g/mol. The molecule has 4 saturated heterocycles. The van der Waals surface area contributed by atoms with E-state index in [9.17, 15) is 9.59 Å². The van der Waals surface area contributed by atoms with E-state index in [0.29, 0.717) is 26.2 Å². The Balaban J connectivity index is 1.31. The molecule has 4 aliphatic heterocycles. The number of quaternary nitrogens is 1. The molecule has 0 aromatic carbocycles. The third kappa shape index (κ3) is 4.45. The Labute approximate surface area is 172 Å². The highest BCUT2D eigenvalue weighted by molar-refractivity contribution is 5.74. The predicted octanol–water partition coefficient (Wildman–Crippen LogP) is 1.42. The van der Waals surface area contributed by atoms with E-state index in [1.807, 2.05) is 0 Å². The van der Waals surface area contributed by atoms with Gasteiger partial charge in [-0.05, 0) is 38.5 Å². The highest BCUT2D eigenvalue weighted by Crippen LogP contribution is 2.40. The Bertz CT molecular complexity index is 614. The van der Waals surface area contributed by atoms with Crippen LogP contribution in [0.2, 0.25) is 0 Å². The lowest BCUT2D eigenvalue weighted by molar-refractivity contribution is -1.09. The predicted molar refractivity (Wildman–Crippen MR) is 101 cm³/mol. The molecule has 7 unspecified atom stereocenters. The lowest BCUT2D eigenvalue weighted by atomic mass is 9.89. The molecule has 0 spiro atoms. The zero-order valence-electron chi connectivity index (χ0n) is 17.3. The van der Waals surface area contributed by atoms with Crippen molar-refractivity contribution in [2.45, 2.75) is 62.9 Å². The van der Waals surface area contributed by atoms with Crippen molar-refractivity contribution in [1.29, 1.82) is 0 Å². The SMILES string of the molecule is [CH2]C[N+](CCOC)(CCOC(=O)C1CC2CCC1O2)OC(=O)C1CC2CCC1O2. The van der Waals surface area contributed by atoms with E-state index < -0.39 is 0 Å². The summed E-state index contributed by atoms with van der Waals surface area (Å²) >= 11 is 0. The van der Waals surface area contributed by atoms with Gasteiger partial charge in [0.15, 0.2) is 6.54 Å². The highest BCUT2D eigenvalue weighted by atomic mass is 16.7. The van der Waals surface area contributed by atoms with E-state index in [1.54, 1.807) is 7.11 Å². The van der Waals surface area contributed by atoms with E-state index in [-0.39, 0.29) is 59.4 Å². The zero-order chi connectivity index (χ0) is 20.4. The Morgan fingerprint density at radius 3 is 2.00 bits per heavy atom. The molecule has 7 atom stereocenters. The number of hydrogen-bond donors (Lipinski definition) is 0. The first-order valence-electron chi connectivity index (χ1n) is 10.9. The van der Waals surface area contributed by atoms with Gasteiger partial charge < -0.3 is 18.9 Å². The van der Waals surface area contributed by atoms with Gasteiger partial charge in [0.1, 0.15) is 19.7 Å². The molecule has 4 bridgehead atoms. The van der Waals surface area contributed by atoms with Gasteiger partial charge in [-0.2, -0.15) is 0 Å². The van der Waals surface area contributed by atoms with Crippen LogP contribution in [0, 0.1) is 18.8 Å². The summed E-state index contributed by atoms with van der Waals surface area (Å²) < 4.78 is 22.3. The Morgan fingerprint density at radius 1 is 0.931 bits per heavy atom. The average molecular weight is 411 g/mol. The normalized spacial score (nSPS) is 36.9. The summed E-state index contributed by atoms with van der Waals surface area (Å²) in [6, 6.07) is 0. The molecule has 1 radical (unpaired) electrons. The van der Waals surface area contributed by atoms with Crippen molar-refractivity contribution in [2.75, 3.05) is 40.0 Å². The van der Waals surface area contributed by atoms with E-state index in [0.717, 1.165) is 38.5 Å². The molecule has 4 aliphatic rings. The third-order valence-electron chi connectivity index (χ3n) is 6.95. The van der Waals surface area contributed by atoms with Gasteiger partial charge in [0.25, 0.3) is 0 Å². The first-order valence-corrected chi connectivity index (χ1v) is 10.9. The molecule has 163 valence electrons. The molecule has 0 aromatic rings. The molecule has 0 aromatic heterocycles. The molecular formula is C21H33NO7+. The number of nitrogens with zero attached hydrogens (tertiary/aromatic N) is 1. The molecule has 0 amide bonds. The van der Waals surface area contributed by atoms with Crippen molar-refractivity contribution in [3.05, 3.63) is 6.92 Å². The fourth-order valence-electron chi connectivity index (χ4n) is 5.18. The highest BCUT2D eigenvalue weighted by Gasteiger charge is 2.48. The van der Waals surface area contributed by atoms with Crippen LogP contribution in [0.25, 0.3) is 0 Å². The minimum absolute atomic E-state index is 0.00342. The van der Waals surface area contributed by atoms with Crippen molar-refractivity contribution < 1.29 is 38.0 Å². The number of fused-ring (bicyclic) bond motifs is 4. The summed E-state index contributed by atoms with van der Waals surface area (Å²) in [5.74, 6) is -0.832. The lowest BCUT2D eigenvalue weighted by Gasteiger charge is -2.34. The van der Waals surface area contributed by atoms with Crippen LogP contribution in [0.15, 0.2) is 0 Å². The van der Waals surface area contributed by atoms with Crippen LogP contribution in [-0.2, 0) is 33.4 Å². The molecule has 4 heterocycles. The maximum absolute atomic E-state index is 12.9. The van der Waals surface area contributed by atoms with Gasteiger partial charge in [-0.3, -0.25) is 9.63 Å². The van der Waals surface area contributed by atoms with Gasteiger partial charge in [0, 0.05) is 14.0 Å². The van der Waals surface area contributed by atoms with Gasteiger partial charge in [0.2, 0.25) is 0 Å². The molecule has 4 fully saturated rings. The minimum atomic E-state index is -0.246. The molecule has 0 saturated carbocycles. The number of methoxy groups -OCH3 is 1. The largest absolute Gasteiger partial charge is 0.459 e. The van der Waals surface area contributed by atoms with Gasteiger partial charge in [0.05, 0.1) is 42.9 Å². The molecule has 8 heteroatoms. The number of carbonyl (C=O) groups excluding carboxylic acids is 2. The smallest absolute Gasteiger partial charge is 0.372 e. The van der Waals surface area contributed by atoms with Crippen molar-refractivity contribution in [3.63, 3.8) is 0 Å². The second-order valence-electron chi connectivity index (χ2n) is 8.73. The van der Waals surface area contributed by atoms with Crippen LogP contribution in [-0.4, -0.2) is 81.0 Å². The molecule has 0 aliphatic carbocycles. The maximum atomic E-state index is 12.9. The van der Waals surface area contributed by atoms with Crippen LogP contribution in [0.4, 0.5) is 0 Å². The van der Waals surface area contributed by atoms with Crippen molar-refractivity contribution in [1.82, 2.24) is 0 Å². The standard InChI is InChI=1S/C21H33NO7/c1-3-22(8-10-25-2,29-21(24)17-13-15-5-7-19(17)28-15)9-11-26-20(23)16-12-14-4-6-18(16)27-14/h14-19H,1,3-13H2,2H3/q+1. The van der Waals surface area contributed by atoms with Crippen LogP contribution in [0.3, 0.4) is 0 Å². The number of ether oxygens (including phenoxy) is 4. The zero-order valence-corrected chi connectivity index (χ0v) is 17.3. The van der Waals surface area contributed by atoms with E-state index in [4.69, 9.17) is 23.8 Å². The lowest BCUT2D eigenvalue weighted by Crippen LogP contribution is -2.54. The second kappa shape index (κ2) is 8.88. The van der Waals surface area contributed by atoms with Crippen molar-refractivity contribution in [2.24, 2.45) is 11.8 Å². The van der Waals surface area contributed by atoms with Crippen LogP contribution in [0.5, 0.6) is 0 Å². The topological polar surface area (TPSA) is 80.3 Å². The van der Waals surface area contributed by atoms with Crippen LogP contribution in [0.1, 0.15) is 38.5 Å². The monoisotopic (exact) mass is 411 g/mol. The third-order valence-corrected chi connectivity index (χ3v) is 6.95. The average Bonchev–Trinajstić information content (AvgIpc) is 3.52. The minimum Gasteiger partial charge on any atom is -0.459 e. The van der Waals surface area contributed by atoms with Crippen LogP contribution >= 0.6 is 0 Å². The number of hydrogen-bond acceptors (Lipinski definition) is 7. The van der Waals surface area contributed by atoms with E-state index in [2.05, 4.69) is 6.92 Å². The van der Waals surface area contributed by atoms with Crippen molar-refractivity contribution in [3.8, 4) is 0 Å². The summed E-state index contributed by atoms with van der Waals surface area (Å²) in [7, 11) is 1.61. The number of carbonyl (C=O) groups is 2. The second-order valence-corrected chi connectivity index (χ2v) is 8.73. The first-order chi connectivity index (χ1) is 14.0. The van der Waals surface area contributed by atoms with E-state index in [1.165, 1.54) is 0 Å². The van der Waals surface area contributed by atoms with Gasteiger partial charge in [-0.25, -0.2) is 4.79 Å². The molecule has 8 nitrogen and oxygen atoms in total. The van der Waals surface area contributed by atoms with Gasteiger partial charge in [-0.1, -0.05) is 0 Å². The van der Waals surface area contributed by atoms with Crippen molar-refractivity contribution >= 4 is 11.9 Å². The molecule has 0 N–H and O–H groups in total. The fourth-order valence-corrected chi connectivity index (χ4v) is 5.18. The maximum Gasteiger partial charge on any atom is 0.372 e. The Morgan fingerprint density at radius 2 is 1.52 bits per heavy atom. The Hall–Kier alpha value is -1.22. The van der Waals surface area contributed by atoms with Crippen LogP contribution < -0.4 is 0 Å². The number of rotatable bonds is 10. The summed E-state index contributed by atoms with van der Waals surface area (Å²) in [5, 5.41) is 0. The Kier molecular flexibility index (Phi) is 6.44. The summed E-state index contributed by atoms with van der Waals surface area (Å²) in [4.78, 5) is 31.3. The molecule has 4 rings (SSSR count). The summed E-state index contributed by atoms with van der Waals surface area (Å²) in [5.41, 5.74) is 0. The fraction of sp³-hybridized carbons (Fsp3) is 0.857. The molecule has 29 heavy (non-hydrogen) atoms. The summed E-state index contributed by atoms with van der Waals surface area (Å²) in [6.45, 7) is 5.74. The number of hydroxylamine groups is 3. The number of esters is 1.